The van der Waals surface area contributed by atoms with Crippen molar-refractivity contribution in [3.05, 3.63) is 238 Å². The second kappa shape index (κ2) is 14.8. The lowest BCUT2D eigenvalue weighted by atomic mass is 9.66. The van der Waals surface area contributed by atoms with Gasteiger partial charge in [0.15, 0.2) is 0 Å². The Morgan fingerprint density at radius 2 is 0.958 bits per heavy atom. The number of hydrogen-bond acceptors (Lipinski definition) is 1. The first-order valence-electron chi connectivity index (χ1n) is 27.2. The molecule has 8 aliphatic carbocycles. The molecule has 0 saturated heterocycles. The molecule has 10 aromatic rings. The lowest BCUT2D eigenvalue weighted by Crippen LogP contribution is -2.27. The first-order valence-corrected chi connectivity index (χ1v) is 27.2. The normalized spacial score (nSPS) is 22.0. The minimum absolute atomic E-state index is 0.444. The molecule has 1 heteroatoms. The molecule has 3 saturated carbocycles. The molecule has 18 rings (SSSR count). The van der Waals surface area contributed by atoms with Gasteiger partial charge in [0.1, 0.15) is 0 Å². The Kier molecular flexibility index (Phi) is 8.25. The maximum Gasteiger partial charge on any atom is 0.0726 e. The highest BCUT2D eigenvalue weighted by Gasteiger charge is 2.55. The molecule has 8 aliphatic rings. The summed E-state index contributed by atoms with van der Waals surface area (Å²) in [4.78, 5) is 2.74. The summed E-state index contributed by atoms with van der Waals surface area (Å²) in [5.74, 6) is 3.48. The van der Waals surface area contributed by atoms with Crippen LogP contribution >= 0.6 is 0 Å². The van der Waals surface area contributed by atoms with Crippen LogP contribution in [-0.2, 0) is 5.41 Å². The topological polar surface area (TPSA) is 3.24 Å². The molecule has 3 fully saturated rings. The van der Waals surface area contributed by atoms with E-state index in [1.165, 1.54) is 168 Å². The zero-order valence-corrected chi connectivity index (χ0v) is 40.7. The zero-order valence-electron chi connectivity index (χ0n) is 40.7. The Balaban J connectivity index is 1.03. The Morgan fingerprint density at radius 3 is 1.64 bits per heavy atom. The lowest BCUT2D eigenvalue weighted by molar-refractivity contribution is 0.166. The Morgan fingerprint density at radius 1 is 0.403 bits per heavy atom. The number of allylic oxidation sites excluding steroid dienone is 1. The number of anilines is 3. The highest BCUT2D eigenvalue weighted by atomic mass is 15.1. The van der Waals surface area contributed by atoms with E-state index in [9.17, 15) is 0 Å². The van der Waals surface area contributed by atoms with Crippen LogP contribution in [0.5, 0.6) is 0 Å². The van der Waals surface area contributed by atoms with Crippen molar-refractivity contribution in [1.29, 1.82) is 0 Å². The maximum atomic E-state index is 2.84. The second-order valence-corrected chi connectivity index (χ2v) is 23.0. The molecule has 1 nitrogen and oxygen atoms in total. The molecule has 10 aromatic carbocycles. The molecular weight excluding hydrogens is 867 g/mol. The van der Waals surface area contributed by atoms with Gasteiger partial charge >= 0.3 is 0 Å². The summed E-state index contributed by atoms with van der Waals surface area (Å²) in [6.45, 7) is 0. The van der Waals surface area contributed by atoms with Gasteiger partial charge in [-0.05, 0) is 211 Å². The van der Waals surface area contributed by atoms with E-state index in [1.807, 2.05) is 0 Å². The standard InChI is InChI=1S/C71H55N/c1-2-14-45(15-3-1)46-25-27-50(28-26-46)72(51-29-30-56-54-19-5-4-17-52(54)53-18-6-7-20-55(53)62(56)38-51)70-63-37-42-13-12-16-47(32-42)60(63)41-68-69(70)64-39-59-48-33-43-31-44(34-48)36-49(35-43)61(59)40-67(64)71(68)65-23-10-8-21-57(65)58-22-9-11-24-66(58)71/h1-11,14-15,17-30,37-41,43-44,47-49H,12-13,16,31-36H2. The zero-order chi connectivity index (χ0) is 46.8. The van der Waals surface area contributed by atoms with E-state index in [0.717, 1.165) is 11.8 Å². The van der Waals surface area contributed by atoms with Crippen LogP contribution in [-0.4, -0.2) is 0 Å². The molecular formula is C71H55N. The number of hydrogen-bond donors (Lipinski definition) is 0. The summed E-state index contributed by atoms with van der Waals surface area (Å²) in [5.41, 5.74) is 25.4. The molecule has 0 N–H and O–H groups in total. The van der Waals surface area contributed by atoms with Crippen molar-refractivity contribution in [2.24, 2.45) is 11.8 Å². The molecule has 3 unspecified atom stereocenters. The summed E-state index contributed by atoms with van der Waals surface area (Å²) in [5, 5.41) is 7.85. The highest BCUT2D eigenvalue weighted by Crippen LogP contribution is 2.68. The smallest absolute Gasteiger partial charge is 0.0726 e. The SMILES string of the molecule is C1=C2CCCC(C2)c2cc3c(c(N(c4ccc(-c5ccccc5)cc4)c4ccc5c6ccccc6c6ccccc6c5c4)c21)-c1cc2c(cc1C31c3ccccc3-c3ccccc31)C1CC3CC(CC2C3)C1. The molecule has 344 valence electrons. The Bertz CT molecular complexity index is 3910. The van der Waals surface area contributed by atoms with E-state index < -0.39 is 5.41 Å². The first-order chi connectivity index (χ1) is 35.7. The van der Waals surface area contributed by atoms with Crippen molar-refractivity contribution < 1.29 is 0 Å². The predicted molar refractivity (Wildman–Crippen MR) is 300 cm³/mol. The number of nitrogens with zero attached hydrogens (tertiary/aromatic N) is 1. The summed E-state index contributed by atoms with van der Waals surface area (Å²) < 4.78 is 0. The number of benzene rings is 10. The molecule has 0 heterocycles. The fourth-order valence-electron chi connectivity index (χ4n) is 16.7. The van der Waals surface area contributed by atoms with Gasteiger partial charge in [-0.3, -0.25) is 0 Å². The van der Waals surface area contributed by atoms with Gasteiger partial charge in [-0.15, -0.1) is 0 Å². The van der Waals surface area contributed by atoms with Crippen LogP contribution in [0.1, 0.15) is 120 Å². The molecule has 3 atom stereocenters. The third-order valence-electron chi connectivity index (χ3n) is 19.4. The van der Waals surface area contributed by atoms with Gasteiger partial charge in [0.05, 0.1) is 11.1 Å². The minimum atomic E-state index is -0.444. The van der Waals surface area contributed by atoms with Crippen molar-refractivity contribution in [3.63, 3.8) is 0 Å². The van der Waals surface area contributed by atoms with Gasteiger partial charge in [-0.2, -0.15) is 0 Å². The molecule has 6 bridgehead atoms. The van der Waals surface area contributed by atoms with E-state index in [4.69, 9.17) is 0 Å². The summed E-state index contributed by atoms with van der Waals surface area (Å²) in [7, 11) is 0. The third kappa shape index (κ3) is 5.39. The van der Waals surface area contributed by atoms with Gasteiger partial charge in [0.25, 0.3) is 0 Å². The fraction of sp³-hybridized carbons (Fsp3) is 0.211. The second-order valence-electron chi connectivity index (χ2n) is 23.0. The fourth-order valence-corrected chi connectivity index (χ4v) is 16.7. The molecule has 0 radical (unpaired) electrons. The lowest BCUT2D eigenvalue weighted by Gasteiger charge is -2.39. The van der Waals surface area contributed by atoms with Crippen LogP contribution in [0, 0.1) is 11.8 Å². The van der Waals surface area contributed by atoms with E-state index in [1.54, 1.807) is 22.3 Å². The van der Waals surface area contributed by atoms with Crippen molar-refractivity contribution in [3.8, 4) is 33.4 Å². The van der Waals surface area contributed by atoms with Crippen LogP contribution in [0.2, 0.25) is 0 Å². The largest absolute Gasteiger partial charge is 0.309 e. The van der Waals surface area contributed by atoms with Crippen LogP contribution in [0.25, 0.3) is 71.8 Å². The molecule has 72 heavy (non-hydrogen) atoms. The van der Waals surface area contributed by atoms with Crippen LogP contribution < -0.4 is 4.90 Å². The van der Waals surface area contributed by atoms with Gasteiger partial charge in [0.2, 0.25) is 0 Å². The number of fused-ring (bicyclic) bond motifs is 20. The van der Waals surface area contributed by atoms with Gasteiger partial charge < -0.3 is 4.90 Å². The summed E-state index contributed by atoms with van der Waals surface area (Å²) in [6, 6.07) is 73.6. The van der Waals surface area contributed by atoms with Gasteiger partial charge in [-0.1, -0.05) is 175 Å². The molecule has 0 aliphatic heterocycles. The van der Waals surface area contributed by atoms with E-state index in [0.29, 0.717) is 17.8 Å². The Labute approximate surface area is 422 Å². The van der Waals surface area contributed by atoms with Crippen LogP contribution in [0.4, 0.5) is 17.1 Å². The van der Waals surface area contributed by atoms with Gasteiger partial charge in [0, 0.05) is 22.5 Å². The average molecular weight is 922 g/mol. The Hall–Kier alpha value is -7.48. The van der Waals surface area contributed by atoms with Crippen LogP contribution in [0.3, 0.4) is 0 Å². The molecule has 1 spiro atoms. The van der Waals surface area contributed by atoms with E-state index in [-0.39, 0.29) is 0 Å². The van der Waals surface area contributed by atoms with Gasteiger partial charge in [-0.25, -0.2) is 0 Å². The van der Waals surface area contributed by atoms with Crippen molar-refractivity contribution in [2.45, 2.75) is 81.0 Å². The highest BCUT2D eigenvalue weighted by molar-refractivity contribution is 6.26. The van der Waals surface area contributed by atoms with Crippen molar-refractivity contribution >= 4 is 55.5 Å². The first kappa shape index (κ1) is 40.2. The van der Waals surface area contributed by atoms with E-state index >= 15 is 0 Å². The summed E-state index contributed by atoms with van der Waals surface area (Å²) >= 11 is 0. The maximum absolute atomic E-state index is 2.84. The molecule has 0 amide bonds. The predicted octanol–water partition coefficient (Wildman–Crippen LogP) is 19.1. The molecule has 0 aromatic heterocycles. The quantitative estimate of drug-likeness (QED) is 0.159. The van der Waals surface area contributed by atoms with Crippen LogP contribution in [0.15, 0.2) is 194 Å². The summed E-state index contributed by atoms with van der Waals surface area (Å²) in [6.07, 6.45) is 14.4. The van der Waals surface area contributed by atoms with E-state index in [2.05, 4.69) is 199 Å². The van der Waals surface area contributed by atoms with Crippen molar-refractivity contribution in [2.75, 3.05) is 4.90 Å². The minimum Gasteiger partial charge on any atom is -0.309 e. The monoisotopic (exact) mass is 921 g/mol. The average Bonchev–Trinajstić information content (AvgIpc) is 3.82. The number of rotatable bonds is 4. The third-order valence-corrected chi connectivity index (χ3v) is 19.4. The van der Waals surface area contributed by atoms with Crippen molar-refractivity contribution in [1.82, 2.24) is 0 Å².